The summed E-state index contributed by atoms with van der Waals surface area (Å²) in [6.07, 6.45) is 3.87. The van der Waals surface area contributed by atoms with Gasteiger partial charge in [0, 0.05) is 18.3 Å². The van der Waals surface area contributed by atoms with Crippen LogP contribution in [0, 0.1) is 0 Å². The third-order valence-corrected chi connectivity index (χ3v) is 4.41. The fourth-order valence-corrected chi connectivity index (χ4v) is 3.09. The molecule has 3 aromatic rings. The highest BCUT2D eigenvalue weighted by molar-refractivity contribution is 7.09. The van der Waals surface area contributed by atoms with E-state index in [4.69, 9.17) is 5.73 Å². The molecular formula is C16H20Cl2N6OS. The van der Waals surface area contributed by atoms with Crippen molar-refractivity contribution in [2.75, 3.05) is 6.54 Å². The molecule has 0 saturated heterocycles. The second kappa shape index (κ2) is 10.9. The molecule has 0 atom stereocenters. The van der Waals surface area contributed by atoms with Crippen LogP contribution in [0.3, 0.4) is 0 Å². The van der Waals surface area contributed by atoms with Crippen LogP contribution in [0.2, 0.25) is 0 Å². The molecule has 10 heteroatoms. The van der Waals surface area contributed by atoms with E-state index in [0.717, 1.165) is 16.1 Å². The number of halogens is 2. The van der Waals surface area contributed by atoms with Gasteiger partial charge in [0.25, 0.3) is 5.91 Å². The molecule has 0 aliphatic rings. The van der Waals surface area contributed by atoms with E-state index in [1.54, 1.807) is 16.4 Å². The molecule has 0 radical (unpaired) electrons. The standard InChI is InChI=1S/C16H18N6OS.2ClH/c17-6-5-15-21-14(9-24-15)16(23)19-7-12-3-1-2-4-13(12)8-22-11-18-10-20-22;;/h1-4,9-11H,5-8,17H2,(H,19,23);2*1H. The van der Waals surface area contributed by atoms with E-state index < -0.39 is 0 Å². The van der Waals surface area contributed by atoms with Crippen LogP contribution in [-0.2, 0) is 19.5 Å². The number of rotatable bonds is 7. The molecular weight excluding hydrogens is 395 g/mol. The summed E-state index contributed by atoms with van der Waals surface area (Å²) in [6, 6.07) is 7.93. The summed E-state index contributed by atoms with van der Waals surface area (Å²) >= 11 is 1.46. The van der Waals surface area contributed by atoms with Crippen LogP contribution in [0.4, 0.5) is 0 Å². The SMILES string of the molecule is Cl.Cl.NCCc1nc(C(=O)NCc2ccccc2Cn2cncn2)cs1. The van der Waals surface area contributed by atoms with Crippen LogP contribution in [0.1, 0.15) is 26.6 Å². The molecule has 7 nitrogen and oxygen atoms in total. The van der Waals surface area contributed by atoms with Crippen molar-refractivity contribution in [2.24, 2.45) is 5.73 Å². The topological polar surface area (TPSA) is 98.7 Å². The second-order valence-electron chi connectivity index (χ2n) is 5.21. The number of hydrogen-bond donors (Lipinski definition) is 2. The molecule has 1 aromatic carbocycles. The van der Waals surface area contributed by atoms with E-state index in [1.807, 2.05) is 24.3 Å². The van der Waals surface area contributed by atoms with Gasteiger partial charge in [0.15, 0.2) is 0 Å². The van der Waals surface area contributed by atoms with Gasteiger partial charge < -0.3 is 11.1 Å². The molecule has 140 valence electrons. The second-order valence-corrected chi connectivity index (χ2v) is 6.15. The molecule has 0 fully saturated rings. The Labute approximate surface area is 167 Å². The number of nitrogens with two attached hydrogens (primary N) is 1. The van der Waals surface area contributed by atoms with Gasteiger partial charge in [-0.2, -0.15) is 5.10 Å². The van der Waals surface area contributed by atoms with Gasteiger partial charge in [-0.15, -0.1) is 36.2 Å². The summed E-state index contributed by atoms with van der Waals surface area (Å²) in [5.41, 5.74) is 8.08. The maximum absolute atomic E-state index is 12.2. The molecule has 0 aliphatic heterocycles. The quantitative estimate of drug-likeness (QED) is 0.616. The maximum Gasteiger partial charge on any atom is 0.271 e. The third kappa shape index (κ3) is 5.77. The zero-order chi connectivity index (χ0) is 16.8. The molecule has 0 aliphatic carbocycles. The summed E-state index contributed by atoms with van der Waals surface area (Å²) in [5.74, 6) is -0.176. The highest BCUT2D eigenvalue weighted by Crippen LogP contribution is 2.12. The van der Waals surface area contributed by atoms with Crippen molar-refractivity contribution in [1.29, 1.82) is 0 Å². The van der Waals surface area contributed by atoms with Gasteiger partial charge >= 0.3 is 0 Å². The van der Waals surface area contributed by atoms with E-state index in [2.05, 4.69) is 20.4 Å². The molecule has 26 heavy (non-hydrogen) atoms. The van der Waals surface area contributed by atoms with Crippen LogP contribution >= 0.6 is 36.2 Å². The van der Waals surface area contributed by atoms with Crippen molar-refractivity contribution in [1.82, 2.24) is 25.1 Å². The Bertz CT molecular complexity index is 809. The number of nitrogens with zero attached hydrogens (tertiary/aromatic N) is 4. The maximum atomic E-state index is 12.2. The molecule has 3 rings (SSSR count). The van der Waals surface area contributed by atoms with E-state index in [-0.39, 0.29) is 30.7 Å². The minimum Gasteiger partial charge on any atom is -0.347 e. The Morgan fingerprint density at radius 1 is 1.23 bits per heavy atom. The average Bonchev–Trinajstić information content (AvgIpc) is 3.26. The molecule has 1 amide bonds. The van der Waals surface area contributed by atoms with E-state index in [1.165, 1.54) is 17.7 Å². The number of thiazole rings is 1. The van der Waals surface area contributed by atoms with Crippen molar-refractivity contribution >= 4 is 42.1 Å². The number of aromatic nitrogens is 4. The first kappa shape index (κ1) is 22.0. The van der Waals surface area contributed by atoms with E-state index in [0.29, 0.717) is 31.7 Å². The lowest BCUT2D eigenvalue weighted by molar-refractivity contribution is 0.0946. The number of benzene rings is 1. The molecule has 3 N–H and O–H groups in total. The molecule has 2 aromatic heterocycles. The Kier molecular flexibility index (Phi) is 9.22. The third-order valence-electron chi connectivity index (χ3n) is 3.50. The first-order valence-corrected chi connectivity index (χ1v) is 8.46. The normalized spacial score (nSPS) is 9.88. The number of carbonyl (C=O) groups is 1. The fourth-order valence-electron chi connectivity index (χ4n) is 2.29. The zero-order valence-corrected chi connectivity index (χ0v) is 16.3. The van der Waals surface area contributed by atoms with Crippen LogP contribution in [0.5, 0.6) is 0 Å². The van der Waals surface area contributed by atoms with Crippen molar-refractivity contribution < 1.29 is 4.79 Å². The summed E-state index contributed by atoms with van der Waals surface area (Å²) in [4.78, 5) is 20.5. The monoisotopic (exact) mass is 414 g/mol. The lowest BCUT2D eigenvalue weighted by Crippen LogP contribution is -2.24. The minimum atomic E-state index is -0.176. The molecule has 2 heterocycles. The molecule has 0 spiro atoms. The van der Waals surface area contributed by atoms with Gasteiger partial charge in [-0.25, -0.2) is 14.6 Å². The van der Waals surface area contributed by atoms with Crippen LogP contribution in [0.25, 0.3) is 0 Å². The number of nitrogens with one attached hydrogen (secondary N) is 1. The van der Waals surface area contributed by atoms with E-state index >= 15 is 0 Å². The van der Waals surface area contributed by atoms with Gasteiger partial charge in [-0.05, 0) is 17.7 Å². The number of amides is 1. The van der Waals surface area contributed by atoms with E-state index in [9.17, 15) is 4.79 Å². The highest BCUT2D eigenvalue weighted by atomic mass is 35.5. The van der Waals surface area contributed by atoms with Gasteiger partial charge in [0.05, 0.1) is 11.6 Å². The molecule has 0 unspecified atom stereocenters. The summed E-state index contributed by atoms with van der Waals surface area (Å²) < 4.78 is 1.75. The smallest absolute Gasteiger partial charge is 0.271 e. The number of carbonyl (C=O) groups excluding carboxylic acids is 1. The largest absolute Gasteiger partial charge is 0.347 e. The predicted octanol–water partition coefficient (Wildman–Crippen LogP) is 2.06. The summed E-state index contributed by atoms with van der Waals surface area (Å²) in [5, 5.41) is 9.68. The Morgan fingerprint density at radius 3 is 2.69 bits per heavy atom. The lowest BCUT2D eigenvalue weighted by atomic mass is 10.1. The highest BCUT2D eigenvalue weighted by Gasteiger charge is 2.11. The Morgan fingerprint density at radius 2 is 2.00 bits per heavy atom. The van der Waals surface area contributed by atoms with Gasteiger partial charge in [-0.3, -0.25) is 4.79 Å². The van der Waals surface area contributed by atoms with Crippen LogP contribution < -0.4 is 11.1 Å². The summed E-state index contributed by atoms with van der Waals surface area (Å²) in [7, 11) is 0. The molecule has 0 saturated carbocycles. The van der Waals surface area contributed by atoms with Gasteiger partial charge in [0.1, 0.15) is 18.3 Å². The van der Waals surface area contributed by atoms with Crippen LogP contribution in [-0.4, -0.2) is 32.2 Å². The summed E-state index contributed by atoms with van der Waals surface area (Å²) in [6.45, 7) is 1.58. The van der Waals surface area contributed by atoms with Crippen molar-refractivity contribution in [2.45, 2.75) is 19.5 Å². The predicted molar refractivity (Wildman–Crippen MR) is 106 cm³/mol. The lowest BCUT2D eigenvalue weighted by Gasteiger charge is -2.10. The van der Waals surface area contributed by atoms with Crippen molar-refractivity contribution in [3.05, 3.63) is 64.1 Å². The Hall–Kier alpha value is -2.00. The first-order chi connectivity index (χ1) is 11.8. The van der Waals surface area contributed by atoms with Crippen molar-refractivity contribution in [3.63, 3.8) is 0 Å². The first-order valence-electron chi connectivity index (χ1n) is 7.58. The number of hydrogen-bond acceptors (Lipinski definition) is 6. The zero-order valence-electron chi connectivity index (χ0n) is 13.9. The van der Waals surface area contributed by atoms with Crippen LogP contribution in [0.15, 0.2) is 42.3 Å². The van der Waals surface area contributed by atoms with Crippen molar-refractivity contribution in [3.8, 4) is 0 Å². The Balaban J connectivity index is 0.00000169. The van der Waals surface area contributed by atoms with Gasteiger partial charge in [0.2, 0.25) is 0 Å². The molecule has 0 bridgehead atoms. The van der Waals surface area contributed by atoms with Gasteiger partial charge in [-0.1, -0.05) is 24.3 Å². The fraction of sp³-hybridized carbons (Fsp3) is 0.250. The average molecular weight is 415 g/mol. The minimum absolute atomic E-state index is 0.